The van der Waals surface area contributed by atoms with E-state index in [-0.39, 0.29) is 5.41 Å². The van der Waals surface area contributed by atoms with Gasteiger partial charge in [0.25, 0.3) is 0 Å². The Balaban J connectivity index is 1.57. The monoisotopic (exact) mass is 346 g/mol. The van der Waals surface area contributed by atoms with E-state index < -0.39 is 0 Å². The zero-order valence-electron chi connectivity index (χ0n) is 15.6. The molecule has 0 amide bonds. The van der Waals surface area contributed by atoms with Gasteiger partial charge in [0.2, 0.25) is 0 Å². The topological polar surface area (TPSA) is 20.2 Å². The minimum atomic E-state index is 0.187. The number of aryl methyl sites for hydroxylation is 1. The summed E-state index contributed by atoms with van der Waals surface area (Å²) in [6, 6.07) is 18.9. The number of benzene rings is 2. The lowest BCUT2D eigenvalue weighted by Crippen LogP contribution is -2.48. The van der Waals surface area contributed by atoms with Crippen molar-refractivity contribution in [2.75, 3.05) is 0 Å². The molecule has 2 aromatic rings. The van der Waals surface area contributed by atoms with Crippen molar-refractivity contribution in [3.8, 4) is 5.75 Å². The summed E-state index contributed by atoms with van der Waals surface area (Å²) >= 11 is 0. The molecule has 2 fully saturated rings. The van der Waals surface area contributed by atoms with Crippen molar-refractivity contribution in [2.24, 2.45) is 17.8 Å². The standard InChI is InChI=1S/C25H30O/c1-2-24-23-12-7-16-25(24,21-10-6-11-22(26)18-21)17-15-20(23)14-13-19-8-4-3-5-9-19/h2-6,8-11,18,20,23-24,26H,1,7,12-17H2/t20?,23-,24-,25+/m1/s1. The van der Waals surface area contributed by atoms with E-state index in [1.165, 1.54) is 56.1 Å². The third-order valence-corrected chi connectivity index (χ3v) is 7.15. The third kappa shape index (κ3) is 3.09. The molecule has 0 saturated heterocycles. The summed E-state index contributed by atoms with van der Waals surface area (Å²) in [6.07, 6.45) is 11.1. The van der Waals surface area contributed by atoms with E-state index in [0.717, 1.165) is 11.8 Å². The highest BCUT2D eigenvalue weighted by Crippen LogP contribution is 2.57. The Morgan fingerprint density at radius 2 is 1.88 bits per heavy atom. The first kappa shape index (κ1) is 17.4. The molecule has 1 unspecified atom stereocenters. The second-order valence-electron chi connectivity index (χ2n) is 8.35. The zero-order valence-corrected chi connectivity index (χ0v) is 15.6. The normalized spacial score (nSPS) is 30.7. The molecule has 2 saturated carbocycles. The first-order valence-corrected chi connectivity index (χ1v) is 10.2. The Hall–Kier alpha value is -2.02. The molecule has 26 heavy (non-hydrogen) atoms. The van der Waals surface area contributed by atoms with Gasteiger partial charge in [0.15, 0.2) is 0 Å². The maximum Gasteiger partial charge on any atom is 0.115 e. The van der Waals surface area contributed by atoms with Crippen LogP contribution in [-0.2, 0) is 11.8 Å². The van der Waals surface area contributed by atoms with Crippen LogP contribution in [0, 0.1) is 17.8 Å². The predicted molar refractivity (Wildman–Crippen MR) is 108 cm³/mol. The second kappa shape index (κ2) is 7.31. The largest absolute Gasteiger partial charge is 0.508 e. The molecule has 0 radical (unpaired) electrons. The van der Waals surface area contributed by atoms with Crippen LogP contribution in [0.5, 0.6) is 5.75 Å². The van der Waals surface area contributed by atoms with Crippen molar-refractivity contribution < 1.29 is 5.11 Å². The van der Waals surface area contributed by atoms with Gasteiger partial charge in [-0.05, 0) is 79.5 Å². The van der Waals surface area contributed by atoms with Gasteiger partial charge in [-0.15, -0.1) is 6.58 Å². The molecule has 2 aliphatic carbocycles. The molecule has 2 aliphatic rings. The molecule has 0 aliphatic heterocycles. The van der Waals surface area contributed by atoms with Gasteiger partial charge in [-0.3, -0.25) is 0 Å². The van der Waals surface area contributed by atoms with Crippen LogP contribution in [0.4, 0.5) is 0 Å². The van der Waals surface area contributed by atoms with E-state index in [2.05, 4.69) is 49.1 Å². The van der Waals surface area contributed by atoms with Crippen molar-refractivity contribution in [3.05, 3.63) is 78.4 Å². The summed E-state index contributed by atoms with van der Waals surface area (Å²) in [5.41, 5.74) is 2.98. The summed E-state index contributed by atoms with van der Waals surface area (Å²) in [5.74, 6) is 2.46. The van der Waals surface area contributed by atoms with Gasteiger partial charge in [-0.2, -0.15) is 0 Å². The average Bonchev–Trinajstić information content (AvgIpc) is 2.67. The number of fused-ring (bicyclic) bond motifs is 2. The maximum absolute atomic E-state index is 10.0. The smallest absolute Gasteiger partial charge is 0.115 e. The molecule has 1 N–H and O–H groups in total. The molecule has 0 heterocycles. The van der Waals surface area contributed by atoms with Crippen molar-refractivity contribution in [1.82, 2.24) is 0 Å². The van der Waals surface area contributed by atoms with Gasteiger partial charge < -0.3 is 5.11 Å². The molecule has 136 valence electrons. The Morgan fingerprint density at radius 1 is 1.04 bits per heavy atom. The van der Waals surface area contributed by atoms with Crippen LogP contribution < -0.4 is 0 Å². The number of phenols is 1. The Kier molecular flexibility index (Phi) is 4.89. The van der Waals surface area contributed by atoms with Gasteiger partial charge in [-0.1, -0.05) is 55.0 Å². The number of hydrogen-bond donors (Lipinski definition) is 1. The van der Waals surface area contributed by atoms with Crippen LogP contribution in [0.2, 0.25) is 0 Å². The third-order valence-electron chi connectivity index (χ3n) is 7.15. The minimum absolute atomic E-state index is 0.187. The fourth-order valence-corrected chi connectivity index (χ4v) is 5.94. The summed E-state index contributed by atoms with van der Waals surface area (Å²) < 4.78 is 0. The molecule has 2 bridgehead atoms. The lowest BCUT2D eigenvalue weighted by atomic mass is 9.50. The first-order chi connectivity index (χ1) is 12.7. The summed E-state index contributed by atoms with van der Waals surface area (Å²) in [4.78, 5) is 0. The Morgan fingerprint density at radius 3 is 2.65 bits per heavy atom. The fourth-order valence-electron chi connectivity index (χ4n) is 5.94. The molecule has 4 atom stereocenters. The fraction of sp³-hybridized carbons (Fsp3) is 0.440. The van der Waals surface area contributed by atoms with Gasteiger partial charge in [0.1, 0.15) is 5.75 Å². The number of aromatic hydroxyl groups is 1. The molecular formula is C25H30O. The van der Waals surface area contributed by atoms with E-state index >= 15 is 0 Å². The van der Waals surface area contributed by atoms with Gasteiger partial charge >= 0.3 is 0 Å². The average molecular weight is 347 g/mol. The van der Waals surface area contributed by atoms with E-state index in [9.17, 15) is 5.11 Å². The highest BCUT2D eigenvalue weighted by Gasteiger charge is 2.50. The summed E-state index contributed by atoms with van der Waals surface area (Å²) in [6.45, 7) is 4.25. The predicted octanol–water partition coefficient (Wildman–Crippen LogP) is 6.28. The van der Waals surface area contributed by atoms with Crippen molar-refractivity contribution >= 4 is 0 Å². The highest BCUT2D eigenvalue weighted by atomic mass is 16.3. The number of rotatable bonds is 5. The highest BCUT2D eigenvalue weighted by molar-refractivity contribution is 5.36. The summed E-state index contributed by atoms with van der Waals surface area (Å²) in [7, 11) is 0. The minimum Gasteiger partial charge on any atom is -0.508 e. The van der Waals surface area contributed by atoms with Gasteiger partial charge in [0.05, 0.1) is 0 Å². The Bertz CT molecular complexity index is 750. The van der Waals surface area contributed by atoms with E-state index in [0.29, 0.717) is 11.7 Å². The van der Waals surface area contributed by atoms with Crippen LogP contribution in [0.3, 0.4) is 0 Å². The number of phenolic OH excluding ortho intramolecular Hbond substituents is 1. The molecule has 1 nitrogen and oxygen atoms in total. The first-order valence-electron chi connectivity index (χ1n) is 10.2. The molecular weight excluding hydrogens is 316 g/mol. The summed E-state index contributed by atoms with van der Waals surface area (Å²) in [5, 5.41) is 10.0. The molecule has 0 aromatic heterocycles. The molecule has 0 spiro atoms. The zero-order chi connectivity index (χ0) is 18.0. The van der Waals surface area contributed by atoms with Crippen molar-refractivity contribution in [2.45, 2.75) is 50.4 Å². The number of allylic oxidation sites excluding steroid dienone is 1. The van der Waals surface area contributed by atoms with Crippen LogP contribution in [-0.4, -0.2) is 5.11 Å². The van der Waals surface area contributed by atoms with Crippen LogP contribution >= 0.6 is 0 Å². The Labute approximate surface area is 157 Å². The second-order valence-corrected chi connectivity index (χ2v) is 8.35. The maximum atomic E-state index is 10.0. The molecule has 4 rings (SSSR count). The van der Waals surface area contributed by atoms with Gasteiger partial charge in [0, 0.05) is 5.41 Å². The van der Waals surface area contributed by atoms with Crippen LogP contribution in [0.1, 0.15) is 49.7 Å². The van der Waals surface area contributed by atoms with Crippen LogP contribution in [0.25, 0.3) is 0 Å². The number of hydrogen-bond acceptors (Lipinski definition) is 1. The van der Waals surface area contributed by atoms with Gasteiger partial charge in [-0.25, -0.2) is 0 Å². The molecule has 2 aromatic carbocycles. The lowest BCUT2D eigenvalue weighted by molar-refractivity contribution is 0.0362. The van der Waals surface area contributed by atoms with Crippen molar-refractivity contribution in [3.63, 3.8) is 0 Å². The van der Waals surface area contributed by atoms with E-state index in [1.807, 2.05) is 12.1 Å². The SMILES string of the molecule is C=C[C@@H]1[C@@H]2CCC[C@@]1(c1cccc(O)c1)CCC2CCc1ccccc1. The van der Waals surface area contributed by atoms with Crippen LogP contribution in [0.15, 0.2) is 67.3 Å². The van der Waals surface area contributed by atoms with Crippen molar-refractivity contribution in [1.29, 1.82) is 0 Å². The van der Waals surface area contributed by atoms with E-state index in [4.69, 9.17) is 0 Å². The lowest BCUT2D eigenvalue weighted by Gasteiger charge is -2.54. The van der Waals surface area contributed by atoms with E-state index in [1.54, 1.807) is 6.07 Å². The molecule has 1 heteroatoms. The quantitative estimate of drug-likeness (QED) is 0.632.